The molecular weight excluding hydrogens is 260 g/mol. The van der Waals surface area contributed by atoms with Crippen LogP contribution in [0.4, 0.5) is 5.13 Å². The lowest BCUT2D eigenvalue weighted by Crippen LogP contribution is -2.20. The molecule has 2 rings (SSSR count). The Hall–Kier alpha value is -2.21. The van der Waals surface area contributed by atoms with Crippen LogP contribution in [0.5, 0.6) is 0 Å². The molecule has 19 heavy (non-hydrogen) atoms. The second-order valence-electron chi connectivity index (χ2n) is 4.02. The highest BCUT2D eigenvalue weighted by Crippen LogP contribution is 2.11. The molecule has 1 aromatic heterocycles. The highest BCUT2D eigenvalue weighted by Gasteiger charge is 2.08. The Morgan fingerprint density at radius 3 is 2.79 bits per heavy atom. The van der Waals surface area contributed by atoms with Crippen molar-refractivity contribution in [3.05, 3.63) is 46.5 Å². The Bertz CT molecular complexity index is 633. The van der Waals surface area contributed by atoms with Gasteiger partial charge >= 0.3 is 0 Å². The van der Waals surface area contributed by atoms with E-state index >= 15 is 0 Å². The van der Waals surface area contributed by atoms with Crippen LogP contribution in [0, 0.1) is 6.92 Å². The van der Waals surface area contributed by atoms with Gasteiger partial charge in [0.25, 0.3) is 5.91 Å². The lowest BCUT2D eigenvalue weighted by Gasteiger charge is -2.04. The number of thiazole rings is 1. The highest BCUT2D eigenvalue weighted by molar-refractivity contribution is 7.13. The first kappa shape index (κ1) is 13.2. The van der Waals surface area contributed by atoms with Crippen molar-refractivity contribution in [2.75, 3.05) is 5.73 Å². The molecule has 0 atom stereocenters. The van der Waals surface area contributed by atoms with Crippen molar-refractivity contribution in [3.8, 4) is 0 Å². The fourth-order valence-electron chi connectivity index (χ4n) is 1.53. The predicted molar refractivity (Wildman–Crippen MR) is 77.4 cm³/mol. The first-order valence-corrected chi connectivity index (χ1v) is 6.57. The van der Waals surface area contributed by atoms with Gasteiger partial charge in [-0.3, -0.25) is 4.79 Å². The van der Waals surface area contributed by atoms with Crippen molar-refractivity contribution in [1.82, 2.24) is 10.4 Å². The van der Waals surface area contributed by atoms with E-state index in [1.165, 1.54) is 11.3 Å². The maximum absolute atomic E-state index is 11.9. The van der Waals surface area contributed by atoms with Gasteiger partial charge < -0.3 is 5.73 Å². The normalized spacial score (nSPS) is 11.4. The second-order valence-corrected chi connectivity index (χ2v) is 4.91. The van der Waals surface area contributed by atoms with Gasteiger partial charge in [-0.2, -0.15) is 5.10 Å². The molecule has 1 aromatic carbocycles. The van der Waals surface area contributed by atoms with Crippen LogP contribution in [-0.4, -0.2) is 16.6 Å². The third-order valence-corrected chi connectivity index (χ3v) is 3.28. The number of nitrogens with zero attached hydrogens (tertiary/aromatic N) is 2. The van der Waals surface area contributed by atoms with Gasteiger partial charge in [-0.1, -0.05) is 18.2 Å². The summed E-state index contributed by atoms with van der Waals surface area (Å²) in [7, 11) is 0. The summed E-state index contributed by atoms with van der Waals surface area (Å²) in [6, 6.07) is 7.35. The topological polar surface area (TPSA) is 80.4 Å². The maximum atomic E-state index is 11.9. The van der Waals surface area contributed by atoms with E-state index in [2.05, 4.69) is 15.5 Å². The molecule has 0 saturated heterocycles. The molecule has 0 bridgehead atoms. The van der Waals surface area contributed by atoms with Gasteiger partial charge in [-0.25, -0.2) is 10.4 Å². The van der Waals surface area contributed by atoms with Crippen LogP contribution in [0.15, 0.2) is 34.7 Å². The molecule has 1 heterocycles. The summed E-state index contributed by atoms with van der Waals surface area (Å²) in [4.78, 5) is 16.0. The zero-order valence-corrected chi connectivity index (χ0v) is 11.5. The van der Waals surface area contributed by atoms with Gasteiger partial charge in [-0.05, 0) is 25.5 Å². The van der Waals surface area contributed by atoms with E-state index in [1.807, 2.05) is 25.1 Å². The van der Waals surface area contributed by atoms with Gasteiger partial charge in [0.05, 0.1) is 11.4 Å². The number of aromatic nitrogens is 1. The number of nitrogen functional groups attached to an aromatic ring is 1. The number of hydrogen-bond acceptors (Lipinski definition) is 5. The molecule has 6 heteroatoms. The monoisotopic (exact) mass is 274 g/mol. The van der Waals surface area contributed by atoms with Crippen LogP contribution >= 0.6 is 11.3 Å². The van der Waals surface area contributed by atoms with Crippen molar-refractivity contribution in [1.29, 1.82) is 0 Å². The van der Waals surface area contributed by atoms with Crippen LogP contribution in [0.2, 0.25) is 0 Å². The second kappa shape index (κ2) is 5.62. The van der Waals surface area contributed by atoms with Crippen LogP contribution in [0.1, 0.15) is 28.5 Å². The minimum atomic E-state index is -0.236. The standard InChI is InChI=1S/C13H14N4OS/c1-8-5-3-4-6-10(8)12(18)17-16-9(2)11-7-19-13(14)15-11/h3-7H,1-2H3,(H2,14,15)(H,17,18)/b16-9+. The van der Waals surface area contributed by atoms with Gasteiger partial charge in [0, 0.05) is 10.9 Å². The van der Waals surface area contributed by atoms with Crippen LogP contribution < -0.4 is 11.2 Å². The Morgan fingerprint density at radius 2 is 2.16 bits per heavy atom. The molecule has 0 aliphatic carbocycles. The molecular formula is C13H14N4OS. The van der Waals surface area contributed by atoms with E-state index in [1.54, 1.807) is 18.4 Å². The molecule has 0 aliphatic heterocycles. The van der Waals surface area contributed by atoms with Crippen molar-refractivity contribution < 1.29 is 4.79 Å². The quantitative estimate of drug-likeness (QED) is 0.665. The average molecular weight is 274 g/mol. The first-order chi connectivity index (χ1) is 9.08. The van der Waals surface area contributed by atoms with Crippen LogP contribution in [-0.2, 0) is 0 Å². The number of amides is 1. The smallest absolute Gasteiger partial charge is 0.271 e. The summed E-state index contributed by atoms with van der Waals surface area (Å²) < 4.78 is 0. The van der Waals surface area contributed by atoms with Gasteiger partial charge in [0.15, 0.2) is 5.13 Å². The minimum absolute atomic E-state index is 0.236. The number of nitrogens with two attached hydrogens (primary N) is 1. The fourth-order valence-corrected chi connectivity index (χ4v) is 2.14. The Kier molecular flexibility index (Phi) is 3.91. The molecule has 0 aliphatic rings. The third-order valence-electron chi connectivity index (χ3n) is 2.61. The number of hydrazone groups is 1. The van der Waals surface area contributed by atoms with Crippen molar-refractivity contribution in [2.45, 2.75) is 13.8 Å². The van der Waals surface area contributed by atoms with Crippen molar-refractivity contribution in [2.24, 2.45) is 5.10 Å². The number of hydrogen-bond donors (Lipinski definition) is 2. The Morgan fingerprint density at radius 1 is 1.42 bits per heavy atom. The SMILES string of the molecule is C/C(=N\NC(=O)c1ccccc1C)c1csc(N)n1. The van der Waals surface area contributed by atoms with Crippen LogP contribution in [0.25, 0.3) is 0 Å². The average Bonchev–Trinajstić information content (AvgIpc) is 2.83. The summed E-state index contributed by atoms with van der Waals surface area (Å²) in [5.41, 5.74) is 10.9. The Labute approximate surface area is 115 Å². The van der Waals surface area contributed by atoms with E-state index < -0.39 is 0 Å². The largest absolute Gasteiger partial charge is 0.375 e. The van der Waals surface area contributed by atoms with Gasteiger partial charge in [0.1, 0.15) is 0 Å². The summed E-state index contributed by atoms with van der Waals surface area (Å²) >= 11 is 1.34. The number of nitrogens with one attached hydrogen (secondary N) is 1. The lowest BCUT2D eigenvalue weighted by molar-refractivity contribution is 0.0954. The van der Waals surface area contributed by atoms with E-state index in [0.29, 0.717) is 22.1 Å². The zero-order valence-electron chi connectivity index (χ0n) is 10.7. The van der Waals surface area contributed by atoms with E-state index in [4.69, 9.17) is 5.73 Å². The molecule has 5 nitrogen and oxygen atoms in total. The van der Waals surface area contributed by atoms with E-state index in [0.717, 1.165) is 5.56 Å². The number of aryl methyl sites for hydroxylation is 1. The molecule has 3 N–H and O–H groups in total. The predicted octanol–water partition coefficient (Wildman–Crippen LogP) is 2.19. The van der Waals surface area contributed by atoms with E-state index in [-0.39, 0.29) is 5.91 Å². The minimum Gasteiger partial charge on any atom is -0.375 e. The fraction of sp³-hybridized carbons (Fsp3) is 0.154. The van der Waals surface area contributed by atoms with Gasteiger partial charge in [0.2, 0.25) is 0 Å². The van der Waals surface area contributed by atoms with E-state index in [9.17, 15) is 4.79 Å². The molecule has 98 valence electrons. The first-order valence-electron chi connectivity index (χ1n) is 5.69. The highest BCUT2D eigenvalue weighted by atomic mass is 32.1. The van der Waals surface area contributed by atoms with Crippen molar-refractivity contribution >= 4 is 28.1 Å². The molecule has 1 amide bonds. The van der Waals surface area contributed by atoms with Gasteiger partial charge in [-0.15, -0.1) is 11.3 Å². The molecule has 0 unspecified atom stereocenters. The molecule has 0 fully saturated rings. The molecule has 0 radical (unpaired) electrons. The molecule has 0 saturated carbocycles. The Balaban J connectivity index is 2.10. The summed E-state index contributed by atoms with van der Waals surface area (Å²) in [6.45, 7) is 3.65. The maximum Gasteiger partial charge on any atom is 0.271 e. The summed E-state index contributed by atoms with van der Waals surface area (Å²) in [5, 5.41) is 6.31. The van der Waals surface area contributed by atoms with Crippen LogP contribution in [0.3, 0.4) is 0 Å². The number of anilines is 1. The molecule has 2 aromatic rings. The number of carbonyl (C=O) groups is 1. The lowest BCUT2D eigenvalue weighted by atomic mass is 10.1. The zero-order chi connectivity index (χ0) is 13.8. The molecule has 0 spiro atoms. The number of rotatable bonds is 3. The third kappa shape index (κ3) is 3.17. The van der Waals surface area contributed by atoms with Crippen molar-refractivity contribution in [3.63, 3.8) is 0 Å². The summed E-state index contributed by atoms with van der Waals surface area (Å²) in [6.07, 6.45) is 0. The number of carbonyl (C=O) groups excluding carboxylic acids is 1. The summed E-state index contributed by atoms with van der Waals surface area (Å²) in [5.74, 6) is -0.236. The number of benzene rings is 1.